The van der Waals surface area contributed by atoms with Crippen molar-refractivity contribution in [1.29, 1.82) is 0 Å². The molecule has 0 aliphatic rings. The first kappa shape index (κ1) is 9.14. The molecule has 8 nitrogen and oxygen atoms in total. The summed E-state index contributed by atoms with van der Waals surface area (Å²) >= 11 is 0. The standard InChI is InChI=1S/C3H4N2O6/c1-11-3(6)2(4(7)8)5(9)10/h6H,1H3/p-1. The third kappa shape index (κ3) is 2.08. The summed E-state index contributed by atoms with van der Waals surface area (Å²) in [7, 11) is 0.815. The number of hydrogen-bond donors (Lipinski definition) is 0. The molecule has 0 rings (SSSR count). The first-order valence-electron chi connectivity index (χ1n) is 2.24. The normalized spacial score (nSPS) is 8.45. The maximum atomic E-state index is 10.3. The van der Waals surface area contributed by atoms with Gasteiger partial charge >= 0.3 is 5.82 Å². The zero-order valence-corrected chi connectivity index (χ0v) is 5.34. The Balaban J connectivity index is 4.88. The second kappa shape index (κ2) is 3.34. The van der Waals surface area contributed by atoms with Crippen LogP contribution in [0, 0.1) is 20.2 Å². The monoisotopic (exact) mass is 163 g/mol. The van der Waals surface area contributed by atoms with Gasteiger partial charge in [0.05, 0.1) is 0 Å². The molecule has 8 heteroatoms. The minimum absolute atomic E-state index is 0.815. The third-order valence-corrected chi connectivity index (χ3v) is 0.714. The van der Waals surface area contributed by atoms with Crippen LogP contribution in [0.2, 0.25) is 0 Å². The lowest BCUT2D eigenvalue weighted by Gasteiger charge is -2.02. The third-order valence-electron chi connectivity index (χ3n) is 0.714. The molecule has 0 bridgehead atoms. The van der Waals surface area contributed by atoms with Crippen molar-refractivity contribution in [2.45, 2.75) is 0 Å². The van der Waals surface area contributed by atoms with Crippen LogP contribution in [0.4, 0.5) is 0 Å². The van der Waals surface area contributed by atoms with Crippen molar-refractivity contribution >= 4 is 0 Å². The first-order valence-corrected chi connectivity index (χ1v) is 2.24. The fraction of sp³-hybridized carbons (Fsp3) is 0.333. The van der Waals surface area contributed by atoms with Crippen LogP contribution in [0.25, 0.3) is 0 Å². The molecule has 0 aromatic heterocycles. The molecule has 0 spiro atoms. The van der Waals surface area contributed by atoms with Crippen LogP contribution in [0.1, 0.15) is 0 Å². The zero-order valence-electron chi connectivity index (χ0n) is 5.34. The van der Waals surface area contributed by atoms with Gasteiger partial charge in [0.25, 0.3) is 0 Å². The molecule has 0 amide bonds. The number of nitrogens with zero attached hydrogens (tertiary/aromatic N) is 2. The molecule has 0 saturated carbocycles. The molecule has 0 atom stereocenters. The van der Waals surface area contributed by atoms with Gasteiger partial charge in [-0.05, 0) is 7.11 Å². The fourth-order valence-electron chi connectivity index (χ4n) is 0.307. The average Bonchev–Trinajstić information content (AvgIpc) is 1.85. The number of methoxy groups -OCH3 is 1. The molecular weight excluding hydrogens is 160 g/mol. The molecule has 0 radical (unpaired) electrons. The summed E-state index contributed by atoms with van der Waals surface area (Å²) in [5, 5.41) is 29.8. The minimum Gasteiger partial charge on any atom is -0.607 e. The molecule has 0 aliphatic heterocycles. The Hall–Kier alpha value is -1.86. The van der Waals surface area contributed by atoms with Gasteiger partial charge in [0.2, 0.25) is 5.95 Å². The summed E-state index contributed by atoms with van der Waals surface area (Å²) in [6.45, 7) is 0. The van der Waals surface area contributed by atoms with Crippen LogP contribution in [0.3, 0.4) is 0 Å². The van der Waals surface area contributed by atoms with E-state index in [4.69, 9.17) is 0 Å². The van der Waals surface area contributed by atoms with E-state index in [9.17, 15) is 25.3 Å². The van der Waals surface area contributed by atoms with E-state index in [1.165, 1.54) is 0 Å². The number of rotatable bonds is 3. The molecule has 0 saturated heterocycles. The van der Waals surface area contributed by atoms with E-state index < -0.39 is 21.6 Å². The maximum Gasteiger partial charge on any atom is 0.580 e. The SMILES string of the molecule is COC([O-])=C([N+](=O)[O-])[N+](=O)[O-]. The van der Waals surface area contributed by atoms with Gasteiger partial charge in [-0.2, -0.15) is 0 Å². The second-order valence-electron chi connectivity index (χ2n) is 1.33. The Bertz CT molecular complexity index is 204. The Morgan fingerprint density at radius 2 is 1.64 bits per heavy atom. The van der Waals surface area contributed by atoms with Gasteiger partial charge in [-0.3, -0.25) is 20.2 Å². The van der Waals surface area contributed by atoms with Crippen molar-refractivity contribution in [2.75, 3.05) is 7.11 Å². The van der Waals surface area contributed by atoms with Gasteiger partial charge in [0.15, 0.2) is 0 Å². The van der Waals surface area contributed by atoms with E-state index in [2.05, 4.69) is 4.74 Å². The molecule has 0 aliphatic carbocycles. The lowest BCUT2D eigenvalue weighted by Crippen LogP contribution is -2.20. The molecule has 0 aromatic rings. The molecule has 0 N–H and O–H groups in total. The summed E-state index contributed by atoms with van der Waals surface area (Å²) < 4.78 is 3.78. The molecule has 0 aromatic carbocycles. The van der Waals surface area contributed by atoms with Crippen molar-refractivity contribution in [3.63, 3.8) is 0 Å². The highest BCUT2D eigenvalue weighted by atomic mass is 16.7. The van der Waals surface area contributed by atoms with Crippen molar-refractivity contribution in [3.05, 3.63) is 32.0 Å². The van der Waals surface area contributed by atoms with E-state index in [-0.39, 0.29) is 0 Å². The topological polar surface area (TPSA) is 119 Å². The van der Waals surface area contributed by atoms with Gasteiger partial charge in [-0.25, -0.2) is 0 Å². The van der Waals surface area contributed by atoms with Crippen LogP contribution < -0.4 is 5.11 Å². The first-order chi connectivity index (χ1) is 5.00. The minimum atomic E-state index is -1.69. The molecule has 62 valence electrons. The highest BCUT2D eigenvalue weighted by molar-refractivity contribution is 4.78. The van der Waals surface area contributed by atoms with E-state index in [1.807, 2.05) is 0 Å². The van der Waals surface area contributed by atoms with E-state index in [1.54, 1.807) is 0 Å². The Morgan fingerprint density at radius 3 is 1.73 bits per heavy atom. The Morgan fingerprint density at radius 1 is 1.27 bits per heavy atom. The van der Waals surface area contributed by atoms with Crippen molar-refractivity contribution < 1.29 is 19.7 Å². The largest absolute Gasteiger partial charge is 0.607 e. The van der Waals surface area contributed by atoms with Gasteiger partial charge in [0.1, 0.15) is 9.85 Å². The zero-order chi connectivity index (χ0) is 9.02. The second-order valence-corrected chi connectivity index (χ2v) is 1.33. The Labute approximate surface area is 60.0 Å². The molecule has 0 fully saturated rings. The van der Waals surface area contributed by atoms with Crippen LogP contribution in [-0.2, 0) is 4.74 Å². The highest BCUT2D eigenvalue weighted by Crippen LogP contribution is 2.00. The highest BCUT2D eigenvalue weighted by Gasteiger charge is 2.27. The predicted octanol–water partition coefficient (Wildman–Crippen LogP) is -1.33. The van der Waals surface area contributed by atoms with E-state index >= 15 is 0 Å². The summed E-state index contributed by atoms with van der Waals surface area (Å²) in [6.07, 6.45) is 0. The van der Waals surface area contributed by atoms with E-state index in [0.717, 1.165) is 7.11 Å². The average molecular weight is 163 g/mol. The summed E-state index contributed by atoms with van der Waals surface area (Å²) in [5.74, 6) is -3.26. The number of nitro groups is 2. The van der Waals surface area contributed by atoms with Gasteiger partial charge in [-0.15, -0.1) is 0 Å². The molecule has 0 unspecified atom stereocenters. The smallest absolute Gasteiger partial charge is 0.580 e. The van der Waals surface area contributed by atoms with Crippen molar-refractivity contribution in [2.24, 2.45) is 0 Å². The predicted molar refractivity (Wildman–Crippen MR) is 28.0 cm³/mol. The molecular formula is C3H3N2O6-. The van der Waals surface area contributed by atoms with Crippen molar-refractivity contribution in [1.82, 2.24) is 0 Å². The van der Waals surface area contributed by atoms with Crippen molar-refractivity contribution in [3.8, 4) is 0 Å². The molecule has 11 heavy (non-hydrogen) atoms. The fourth-order valence-corrected chi connectivity index (χ4v) is 0.307. The van der Waals surface area contributed by atoms with Gasteiger partial charge in [-0.1, -0.05) is 0 Å². The summed E-state index contributed by atoms with van der Waals surface area (Å²) in [6, 6.07) is 0. The summed E-state index contributed by atoms with van der Waals surface area (Å²) in [5.41, 5.74) is 0. The van der Waals surface area contributed by atoms with Gasteiger partial charge < -0.3 is 9.84 Å². The maximum absolute atomic E-state index is 10.3. The van der Waals surface area contributed by atoms with Crippen LogP contribution >= 0.6 is 0 Å². The van der Waals surface area contributed by atoms with Crippen LogP contribution in [0.5, 0.6) is 0 Å². The number of ether oxygens (including phenoxy) is 1. The van der Waals surface area contributed by atoms with Crippen LogP contribution in [0.15, 0.2) is 11.8 Å². The van der Waals surface area contributed by atoms with E-state index in [0.29, 0.717) is 0 Å². The quantitative estimate of drug-likeness (QED) is 0.289. The van der Waals surface area contributed by atoms with Crippen LogP contribution in [-0.4, -0.2) is 17.0 Å². The molecule has 0 heterocycles. The Kier molecular flexibility index (Phi) is 2.78. The number of hydrogen-bond acceptors (Lipinski definition) is 6. The lowest BCUT2D eigenvalue weighted by atomic mass is 10.7. The van der Waals surface area contributed by atoms with Gasteiger partial charge in [0, 0.05) is 0 Å². The lowest BCUT2D eigenvalue weighted by molar-refractivity contribution is -0.630. The summed E-state index contributed by atoms with van der Waals surface area (Å²) in [4.78, 5) is 16.7.